The lowest BCUT2D eigenvalue weighted by molar-refractivity contribution is 0.446. The van der Waals surface area contributed by atoms with E-state index in [1.807, 2.05) is 13.8 Å². The minimum absolute atomic E-state index is 0.0327. The van der Waals surface area contributed by atoms with E-state index in [4.69, 9.17) is 15.7 Å². The molecular weight excluding hydrogens is 259 g/mol. The van der Waals surface area contributed by atoms with Gasteiger partial charge < -0.3 is 10.5 Å². The quantitative estimate of drug-likeness (QED) is 0.928. The summed E-state index contributed by atoms with van der Waals surface area (Å²) in [5.74, 6) is 0.0328. The van der Waals surface area contributed by atoms with Gasteiger partial charge in [0.05, 0.1) is 5.56 Å². The maximum absolute atomic E-state index is 13.5. The molecule has 0 radical (unpaired) electrons. The molecule has 0 amide bonds. The Labute approximate surface area is 115 Å². The number of rotatable bonds is 3. The minimum Gasteiger partial charge on any atom is -0.437 e. The Balaban J connectivity index is 2.49. The zero-order chi connectivity index (χ0) is 14.7. The van der Waals surface area contributed by atoms with Crippen LogP contribution in [-0.2, 0) is 0 Å². The molecule has 0 unspecified atom stereocenters. The predicted octanol–water partition coefficient (Wildman–Crippen LogP) is 2.99. The number of nitrogens with two attached hydrogens (primary N) is 1. The Morgan fingerprint density at radius 1 is 1.35 bits per heavy atom. The first-order valence-corrected chi connectivity index (χ1v) is 6.01. The summed E-state index contributed by atoms with van der Waals surface area (Å²) in [5, 5.41) is 8.98. The van der Waals surface area contributed by atoms with Crippen LogP contribution in [0.3, 0.4) is 0 Å². The summed E-state index contributed by atoms with van der Waals surface area (Å²) in [5.41, 5.74) is 6.26. The van der Waals surface area contributed by atoms with Crippen molar-refractivity contribution in [1.82, 2.24) is 9.97 Å². The van der Waals surface area contributed by atoms with E-state index in [1.54, 1.807) is 6.07 Å². The van der Waals surface area contributed by atoms with Crippen molar-refractivity contribution in [3.63, 3.8) is 0 Å². The summed E-state index contributed by atoms with van der Waals surface area (Å²) in [6, 6.07) is 5.94. The van der Waals surface area contributed by atoms with Crippen LogP contribution in [0.1, 0.15) is 30.9 Å². The summed E-state index contributed by atoms with van der Waals surface area (Å²) < 4.78 is 19.1. The van der Waals surface area contributed by atoms with Crippen LogP contribution in [0.5, 0.6) is 11.6 Å². The minimum atomic E-state index is -0.641. The highest BCUT2D eigenvalue weighted by Gasteiger charge is 2.17. The molecule has 2 N–H and O–H groups in total. The molecule has 0 bridgehead atoms. The number of nitrogen functional groups attached to an aromatic ring is 1. The Morgan fingerprint density at radius 2 is 2.10 bits per heavy atom. The second-order valence-corrected chi connectivity index (χ2v) is 4.46. The second-order valence-electron chi connectivity index (χ2n) is 4.46. The Bertz CT molecular complexity index is 679. The third-order valence-electron chi connectivity index (χ3n) is 2.75. The molecule has 1 aromatic carbocycles. The summed E-state index contributed by atoms with van der Waals surface area (Å²) in [7, 11) is 0. The van der Waals surface area contributed by atoms with Gasteiger partial charge in [-0.3, -0.25) is 0 Å². The van der Waals surface area contributed by atoms with Crippen molar-refractivity contribution >= 4 is 5.82 Å². The third kappa shape index (κ3) is 2.52. The van der Waals surface area contributed by atoms with Crippen molar-refractivity contribution in [2.45, 2.75) is 19.8 Å². The van der Waals surface area contributed by atoms with E-state index >= 15 is 0 Å². The fourth-order valence-corrected chi connectivity index (χ4v) is 1.82. The van der Waals surface area contributed by atoms with Gasteiger partial charge in [-0.2, -0.15) is 5.26 Å². The van der Waals surface area contributed by atoms with Crippen LogP contribution < -0.4 is 10.5 Å². The first-order chi connectivity index (χ1) is 9.54. The van der Waals surface area contributed by atoms with Gasteiger partial charge in [-0.25, -0.2) is 14.4 Å². The highest BCUT2D eigenvalue weighted by atomic mass is 19.1. The van der Waals surface area contributed by atoms with E-state index in [9.17, 15) is 4.39 Å². The molecule has 5 nitrogen and oxygen atoms in total. The molecule has 102 valence electrons. The number of nitriles is 1. The van der Waals surface area contributed by atoms with Crippen LogP contribution in [0.4, 0.5) is 10.2 Å². The number of anilines is 1. The molecule has 1 heterocycles. The molecule has 1 aromatic heterocycles. The van der Waals surface area contributed by atoms with Crippen LogP contribution in [0.2, 0.25) is 0 Å². The highest BCUT2D eigenvalue weighted by molar-refractivity contribution is 5.50. The molecule has 0 saturated heterocycles. The van der Waals surface area contributed by atoms with E-state index in [1.165, 1.54) is 24.5 Å². The Morgan fingerprint density at radius 3 is 2.75 bits per heavy atom. The lowest BCUT2D eigenvalue weighted by atomic mass is 10.1. The number of aromatic nitrogens is 2. The van der Waals surface area contributed by atoms with E-state index in [0.717, 1.165) is 0 Å². The van der Waals surface area contributed by atoms with Crippen LogP contribution in [0.15, 0.2) is 24.5 Å². The molecule has 0 aliphatic rings. The van der Waals surface area contributed by atoms with Crippen LogP contribution >= 0.6 is 0 Å². The average Bonchev–Trinajstić information content (AvgIpc) is 2.38. The molecule has 2 rings (SSSR count). The monoisotopic (exact) mass is 272 g/mol. The van der Waals surface area contributed by atoms with E-state index in [2.05, 4.69) is 9.97 Å². The van der Waals surface area contributed by atoms with Gasteiger partial charge in [0.15, 0.2) is 0 Å². The molecule has 0 aliphatic heterocycles. The number of ether oxygens (including phenoxy) is 1. The van der Waals surface area contributed by atoms with Gasteiger partial charge in [-0.15, -0.1) is 0 Å². The highest BCUT2D eigenvalue weighted by Crippen LogP contribution is 2.33. The van der Waals surface area contributed by atoms with E-state index < -0.39 is 5.82 Å². The fraction of sp³-hybridized carbons (Fsp3) is 0.214. The van der Waals surface area contributed by atoms with E-state index in [0.29, 0.717) is 11.4 Å². The van der Waals surface area contributed by atoms with Crippen molar-refractivity contribution in [3.05, 3.63) is 41.5 Å². The molecular formula is C14H13FN4O. The van der Waals surface area contributed by atoms with Crippen LogP contribution in [-0.4, -0.2) is 9.97 Å². The topological polar surface area (TPSA) is 84.8 Å². The lowest BCUT2D eigenvalue weighted by Gasteiger charge is -2.14. The molecule has 0 atom stereocenters. The van der Waals surface area contributed by atoms with Gasteiger partial charge >= 0.3 is 0 Å². The first-order valence-electron chi connectivity index (χ1n) is 6.01. The standard InChI is InChI=1S/C14H13FN4O/c1-8(2)12-13(17)18-7-19-14(12)20-11-5-3-4-10(15)9(11)6-16/h3-5,7-8H,1-2H3,(H2,17,18,19). The van der Waals surface area contributed by atoms with E-state index in [-0.39, 0.29) is 23.1 Å². The molecule has 2 aromatic rings. The molecule has 6 heteroatoms. The SMILES string of the molecule is CC(C)c1c(N)ncnc1Oc1cccc(F)c1C#N. The number of halogens is 1. The zero-order valence-corrected chi connectivity index (χ0v) is 11.1. The van der Waals surface area contributed by atoms with Gasteiger partial charge in [0, 0.05) is 0 Å². The average molecular weight is 272 g/mol. The lowest BCUT2D eigenvalue weighted by Crippen LogP contribution is -2.05. The van der Waals surface area contributed by atoms with Crippen LogP contribution in [0.25, 0.3) is 0 Å². The molecule has 0 spiro atoms. The largest absolute Gasteiger partial charge is 0.437 e. The molecule has 20 heavy (non-hydrogen) atoms. The van der Waals surface area contributed by atoms with Gasteiger partial charge in [-0.1, -0.05) is 19.9 Å². The number of hydrogen-bond donors (Lipinski definition) is 1. The summed E-state index contributed by atoms with van der Waals surface area (Å²) >= 11 is 0. The van der Waals surface area contributed by atoms with Crippen molar-refractivity contribution in [2.24, 2.45) is 0 Å². The zero-order valence-electron chi connectivity index (χ0n) is 11.1. The number of nitrogens with zero attached hydrogens (tertiary/aromatic N) is 3. The summed E-state index contributed by atoms with van der Waals surface area (Å²) in [4.78, 5) is 7.93. The predicted molar refractivity (Wildman–Crippen MR) is 71.7 cm³/mol. The molecule has 0 aliphatic carbocycles. The Kier molecular flexibility index (Phi) is 3.80. The molecule has 0 saturated carbocycles. The van der Waals surface area contributed by atoms with Crippen molar-refractivity contribution in [1.29, 1.82) is 5.26 Å². The van der Waals surface area contributed by atoms with Gasteiger partial charge in [0.2, 0.25) is 5.88 Å². The van der Waals surface area contributed by atoms with Gasteiger partial charge in [0.25, 0.3) is 0 Å². The number of benzene rings is 1. The van der Waals surface area contributed by atoms with Gasteiger partial charge in [0.1, 0.15) is 35.3 Å². The van der Waals surface area contributed by atoms with Gasteiger partial charge in [-0.05, 0) is 18.1 Å². The maximum Gasteiger partial charge on any atom is 0.227 e. The van der Waals surface area contributed by atoms with Crippen LogP contribution in [0, 0.1) is 17.1 Å². The fourth-order valence-electron chi connectivity index (χ4n) is 1.82. The van der Waals surface area contributed by atoms with Crippen molar-refractivity contribution in [3.8, 4) is 17.7 Å². The maximum atomic E-state index is 13.5. The van der Waals surface area contributed by atoms with Crippen molar-refractivity contribution in [2.75, 3.05) is 5.73 Å². The third-order valence-corrected chi connectivity index (χ3v) is 2.75. The number of hydrogen-bond acceptors (Lipinski definition) is 5. The Hall–Kier alpha value is -2.68. The normalized spacial score (nSPS) is 10.3. The van der Waals surface area contributed by atoms with Crippen molar-refractivity contribution < 1.29 is 9.13 Å². The summed E-state index contributed by atoms with van der Waals surface area (Å²) in [6.07, 6.45) is 1.27. The second kappa shape index (κ2) is 5.53. The first kappa shape index (κ1) is 13.7. The smallest absolute Gasteiger partial charge is 0.227 e. The molecule has 0 fully saturated rings. The summed E-state index contributed by atoms with van der Waals surface area (Å²) in [6.45, 7) is 3.83.